The van der Waals surface area contributed by atoms with Crippen LogP contribution in [0.5, 0.6) is 0 Å². The lowest BCUT2D eigenvalue weighted by atomic mass is 9.44. The Hall–Kier alpha value is -1.95. The fourth-order valence-electron chi connectivity index (χ4n) is 12.9. The number of alkyl halides is 1. The maximum Gasteiger partial charge on any atom is 0.303 e. The number of epoxide rings is 1. The molecule has 0 aromatic carbocycles. The van der Waals surface area contributed by atoms with Gasteiger partial charge < -0.3 is 33.2 Å². The van der Waals surface area contributed by atoms with Gasteiger partial charge in [0, 0.05) is 33.1 Å². The highest BCUT2D eigenvalue weighted by Crippen LogP contribution is 2.78. The quantitative estimate of drug-likeness (QED) is 0.0601. The Bertz CT molecular complexity index is 1440. The summed E-state index contributed by atoms with van der Waals surface area (Å²) < 4.78 is 42.2. The molecule has 2 saturated heterocycles. The Labute approximate surface area is 333 Å². The van der Waals surface area contributed by atoms with Crippen molar-refractivity contribution in [3.63, 3.8) is 0 Å². The van der Waals surface area contributed by atoms with E-state index in [0.717, 1.165) is 31.6 Å². The van der Waals surface area contributed by atoms with Gasteiger partial charge in [-0.2, -0.15) is 0 Å². The lowest BCUT2D eigenvalue weighted by Gasteiger charge is -2.60. The van der Waals surface area contributed by atoms with Crippen LogP contribution in [0.1, 0.15) is 133 Å². The Kier molecular flexibility index (Phi) is 12.7. The van der Waals surface area contributed by atoms with E-state index in [1.807, 2.05) is 0 Å². The van der Waals surface area contributed by atoms with Crippen LogP contribution in [-0.4, -0.2) is 84.4 Å². The van der Waals surface area contributed by atoms with Crippen molar-refractivity contribution in [2.24, 2.45) is 52.3 Å². The van der Waals surface area contributed by atoms with Crippen molar-refractivity contribution in [1.29, 1.82) is 0 Å². The number of carbonyl (C=O) groups is 4. The number of halogens is 1. The van der Waals surface area contributed by atoms with E-state index in [-0.39, 0.29) is 40.6 Å². The van der Waals surface area contributed by atoms with Crippen LogP contribution in [0.25, 0.3) is 0 Å². The van der Waals surface area contributed by atoms with Gasteiger partial charge in [-0.1, -0.05) is 54.4 Å². The van der Waals surface area contributed by atoms with E-state index in [9.17, 15) is 19.2 Å². The average Bonchev–Trinajstić information content (AvgIpc) is 3.76. The molecule has 2 aliphatic heterocycles. The van der Waals surface area contributed by atoms with Crippen molar-refractivity contribution in [3.05, 3.63) is 0 Å². The number of carbonyl (C=O) groups excluding carboxylic acids is 4. The fraction of sp³-hybridized carbons (Fsp3) is 0.907. The SMILES string of the molecule is CC[C@H](CC[C@@H](C)[C@H]1CC[C@H]2[C@@H]3CC[C@H]4C[C@@H](O[C@@H]5O[C@H](COC(C)=O)[C@@H](OC(C)=O)[C@H](OC(C)=O)[C@H]5OC(C)=O)CC[C@]4(C)[C@]34O[C@@H]4[C@H](Cl)[C@]12C)C(C)C. The number of rotatable bonds is 13. The van der Waals surface area contributed by atoms with E-state index in [2.05, 4.69) is 41.5 Å². The molecule has 6 aliphatic rings. The van der Waals surface area contributed by atoms with E-state index in [1.165, 1.54) is 59.8 Å². The second-order valence-electron chi connectivity index (χ2n) is 18.8. The molecule has 0 aromatic heterocycles. The molecule has 11 nitrogen and oxygen atoms in total. The number of hydrogen-bond acceptors (Lipinski definition) is 11. The van der Waals surface area contributed by atoms with Crippen LogP contribution in [0.2, 0.25) is 0 Å². The van der Waals surface area contributed by atoms with Crippen LogP contribution in [-0.2, 0) is 52.3 Å². The van der Waals surface area contributed by atoms with Crippen molar-refractivity contribution in [2.75, 3.05) is 6.61 Å². The van der Waals surface area contributed by atoms with E-state index in [1.54, 1.807) is 0 Å². The summed E-state index contributed by atoms with van der Waals surface area (Å²) >= 11 is 7.70. The first-order valence-electron chi connectivity index (χ1n) is 21.2. The van der Waals surface area contributed by atoms with Crippen LogP contribution in [0.15, 0.2) is 0 Å². The van der Waals surface area contributed by atoms with Crippen molar-refractivity contribution in [3.8, 4) is 0 Å². The number of esters is 4. The summed E-state index contributed by atoms with van der Waals surface area (Å²) in [6.45, 7) is 19.1. The van der Waals surface area contributed by atoms with Gasteiger partial charge in [-0.3, -0.25) is 19.2 Å². The molecule has 12 heteroatoms. The molecule has 0 aromatic rings. The van der Waals surface area contributed by atoms with E-state index in [4.69, 9.17) is 44.8 Å². The van der Waals surface area contributed by atoms with Gasteiger partial charge in [0.2, 0.25) is 0 Å². The van der Waals surface area contributed by atoms with Gasteiger partial charge in [0.15, 0.2) is 24.6 Å². The number of hydrogen-bond donors (Lipinski definition) is 0. The maximum absolute atomic E-state index is 12.4. The largest absolute Gasteiger partial charge is 0.463 e. The van der Waals surface area contributed by atoms with Crippen LogP contribution < -0.4 is 0 Å². The molecular weight excluding hydrogens is 728 g/mol. The summed E-state index contributed by atoms with van der Waals surface area (Å²) in [5.74, 6) is 1.49. The van der Waals surface area contributed by atoms with Gasteiger partial charge >= 0.3 is 23.9 Å². The smallest absolute Gasteiger partial charge is 0.303 e. The number of ether oxygens (including phenoxy) is 7. The summed E-state index contributed by atoms with van der Waals surface area (Å²) in [5, 5.41) is -0.0297. The van der Waals surface area contributed by atoms with Crippen LogP contribution in [0.4, 0.5) is 0 Å². The second kappa shape index (κ2) is 16.4. The third-order valence-electron chi connectivity index (χ3n) is 15.5. The zero-order chi connectivity index (χ0) is 40.2. The monoisotopic (exact) mass is 794 g/mol. The Morgan fingerprint density at radius 2 is 1.44 bits per heavy atom. The lowest BCUT2D eigenvalue weighted by Crippen LogP contribution is -2.65. The van der Waals surface area contributed by atoms with Gasteiger partial charge in [0.25, 0.3) is 0 Å². The van der Waals surface area contributed by atoms with Crippen LogP contribution >= 0.6 is 11.6 Å². The zero-order valence-electron chi connectivity index (χ0n) is 34.8. The van der Waals surface area contributed by atoms with Gasteiger partial charge in [-0.25, -0.2) is 0 Å². The summed E-state index contributed by atoms with van der Waals surface area (Å²) in [5.41, 5.74) is -0.269. The summed E-state index contributed by atoms with van der Waals surface area (Å²) in [4.78, 5) is 48.8. The normalized spacial score (nSPS) is 44.1. The molecule has 6 rings (SSSR count). The lowest BCUT2D eigenvalue weighted by molar-refractivity contribution is -0.321. The minimum atomic E-state index is -1.26. The van der Waals surface area contributed by atoms with Crippen molar-refractivity contribution >= 4 is 35.5 Å². The van der Waals surface area contributed by atoms with Crippen molar-refractivity contribution < 1.29 is 52.3 Å². The molecule has 0 unspecified atom stereocenters. The second-order valence-corrected chi connectivity index (χ2v) is 19.2. The van der Waals surface area contributed by atoms with Crippen LogP contribution in [0, 0.1) is 52.3 Å². The molecule has 4 saturated carbocycles. The fourth-order valence-corrected chi connectivity index (χ4v) is 13.4. The molecule has 55 heavy (non-hydrogen) atoms. The van der Waals surface area contributed by atoms with Crippen molar-refractivity contribution in [2.45, 2.75) is 187 Å². The molecule has 4 aliphatic carbocycles. The third kappa shape index (κ3) is 7.71. The van der Waals surface area contributed by atoms with Gasteiger partial charge in [-0.15, -0.1) is 11.6 Å². The van der Waals surface area contributed by atoms with Gasteiger partial charge in [-0.05, 0) is 98.2 Å². The summed E-state index contributed by atoms with van der Waals surface area (Å²) in [6.07, 6.45) is 4.58. The van der Waals surface area contributed by atoms with Gasteiger partial charge in [0.05, 0.1) is 11.5 Å². The van der Waals surface area contributed by atoms with Gasteiger partial charge in [0.1, 0.15) is 24.4 Å². The minimum absolute atomic E-state index is 0.0297. The highest BCUT2D eigenvalue weighted by atomic mass is 35.5. The highest BCUT2D eigenvalue weighted by molar-refractivity contribution is 6.22. The highest BCUT2D eigenvalue weighted by Gasteiger charge is 2.82. The molecule has 6 fully saturated rings. The molecule has 2 heterocycles. The van der Waals surface area contributed by atoms with E-state index in [0.29, 0.717) is 41.9 Å². The first-order chi connectivity index (χ1) is 25.9. The van der Waals surface area contributed by atoms with Crippen molar-refractivity contribution in [1.82, 2.24) is 0 Å². The van der Waals surface area contributed by atoms with E-state index >= 15 is 0 Å². The molecule has 0 radical (unpaired) electrons. The third-order valence-corrected chi connectivity index (χ3v) is 16.2. The molecule has 0 bridgehead atoms. The van der Waals surface area contributed by atoms with Crippen LogP contribution in [0.3, 0.4) is 0 Å². The molecule has 0 amide bonds. The Morgan fingerprint density at radius 1 is 0.800 bits per heavy atom. The topological polar surface area (TPSA) is 136 Å². The average molecular weight is 795 g/mol. The predicted molar refractivity (Wildman–Crippen MR) is 204 cm³/mol. The number of fused-ring (bicyclic) bond motifs is 3. The standard InChI is InChI=1S/C43H67ClO11/c1-11-28(22(2)3)13-12-23(4)31-16-17-32-33-15-14-29-20-30(18-19-41(29,9)43(33)39(55-43)38(44)42(31,32)10)53-40-37(52-27(8)48)36(51-26(7)47)35(50-25(6)46)34(54-40)21-49-24(5)45/h22-23,28-40H,11-21H2,1-10H3/t23-,28-,29+,30+,31-,32+,33+,34-,35-,36+,37-,38+,39-,40-,41+,42-,43+/m1/s1. The molecule has 17 atom stereocenters. The molecule has 312 valence electrons. The van der Waals surface area contributed by atoms with E-state index < -0.39 is 54.6 Å². The molecule has 0 N–H and O–H groups in total. The maximum atomic E-state index is 12.4. The first kappa shape index (κ1) is 42.7. The molecular formula is C43H67ClO11. The Balaban J connectivity index is 1.19. The minimum Gasteiger partial charge on any atom is -0.463 e. The summed E-state index contributed by atoms with van der Waals surface area (Å²) in [7, 11) is 0. The zero-order valence-corrected chi connectivity index (χ0v) is 35.6. The predicted octanol–water partition coefficient (Wildman–Crippen LogP) is 7.56. The first-order valence-corrected chi connectivity index (χ1v) is 21.6. The molecule has 1 spiro atoms. The summed E-state index contributed by atoms with van der Waals surface area (Å²) in [6, 6.07) is 0. The Morgan fingerprint density at radius 3 is 2.05 bits per heavy atom.